The van der Waals surface area contributed by atoms with E-state index in [1.165, 1.54) is 0 Å². The number of carbonyl (C=O) groups is 1. The standard InChI is InChI=1S/C22H18N2O3/c1-26-18-11-9-16(10-12-18)14-20-22(25)24(15-19-8-5-13-27-19)21(23-20)17-6-3-2-4-7-17/h2-14H,15H2,1H3. The molecule has 1 aliphatic heterocycles. The van der Waals surface area contributed by atoms with Crippen LogP contribution in [0.2, 0.25) is 0 Å². The van der Waals surface area contributed by atoms with Crippen molar-refractivity contribution < 1.29 is 13.9 Å². The second kappa shape index (κ2) is 7.33. The van der Waals surface area contributed by atoms with Gasteiger partial charge in [-0.25, -0.2) is 4.99 Å². The van der Waals surface area contributed by atoms with Crippen molar-refractivity contribution in [3.8, 4) is 5.75 Å². The number of carbonyl (C=O) groups excluding carboxylic acids is 1. The van der Waals surface area contributed by atoms with Crippen molar-refractivity contribution in [1.29, 1.82) is 0 Å². The molecule has 0 aliphatic carbocycles. The van der Waals surface area contributed by atoms with Crippen LogP contribution in [0.1, 0.15) is 16.9 Å². The number of rotatable bonds is 5. The molecule has 134 valence electrons. The number of hydrogen-bond acceptors (Lipinski definition) is 4. The summed E-state index contributed by atoms with van der Waals surface area (Å²) in [5, 5.41) is 0. The van der Waals surface area contributed by atoms with E-state index in [0.717, 1.165) is 16.9 Å². The monoisotopic (exact) mass is 358 g/mol. The zero-order valence-corrected chi connectivity index (χ0v) is 14.8. The quantitative estimate of drug-likeness (QED) is 0.645. The highest BCUT2D eigenvalue weighted by molar-refractivity contribution is 6.19. The summed E-state index contributed by atoms with van der Waals surface area (Å²) < 4.78 is 10.6. The van der Waals surface area contributed by atoms with Crippen LogP contribution in [0.5, 0.6) is 5.75 Å². The molecule has 4 rings (SSSR count). The topological polar surface area (TPSA) is 55.0 Å². The molecule has 0 saturated carbocycles. The molecule has 0 fully saturated rings. The van der Waals surface area contributed by atoms with Crippen LogP contribution in [-0.2, 0) is 11.3 Å². The van der Waals surface area contributed by atoms with Gasteiger partial charge in [-0.15, -0.1) is 0 Å². The van der Waals surface area contributed by atoms with Gasteiger partial charge in [-0.05, 0) is 35.9 Å². The highest BCUT2D eigenvalue weighted by Gasteiger charge is 2.31. The molecule has 5 nitrogen and oxygen atoms in total. The zero-order valence-electron chi connectivity index (χ0n) is 14.8. The number of nitrogens with zero attached hydrogens (tertiary/aromatic N) is 2. The Hall–Kier alpha value is -3.60. The first-order valence-electron chi connectivity index (χ1n) is 8.59. The maximum atomic E-state index is 13.0. The SMILES string of the molecule is COc1ccc(C=C2N=C(c3ccccc3)N(Cc3ccco3)C2=O)cc1. The van der Waals surface area contributed by atoms with Gasteiger partial charge >= 0.3 is 0 Å². The van der Waals surface area contributed by atoms with Crippen LogP contribution in [0.25, 0.3) is 6.08 Å². The van der Waals surface area contributed by atoms with Crippen molar-refractivity contribution in [2.75, 3.05) is 7.11 Å². The number of methoxy groups -OCH3 is 1. The van der Waals surface area contributed by atoms with E-state index in [1.54, 1.807) is 24.3 Å². The predicted octanol–water partition coefficient (Wildman–Crippen LogP) is 4.12. The van der Waals surface area contributed by atoms with E-state index in [-0.39, 0.29) is 5.91 Å². The fraction of sp³-hybridized carbons (Fsp3) is 0.0909. The molecule has 27 heavy (non-hydrogen) atoms. The molecule has 0 bridgehead atoms. The second-order valence-corrected chi connectivity index (χ2v) is 6.07. The van der Waals surface area contributed by atoms with Gasteiger partial charge in [-0.2, -0.15) is 0 Å². The van der Waals surface area contributed by atoms with Gasteiger partial charge in [0, 0.05) is 5.56 Å². The molecular weight excluding hydrogens is 340 g/mol. The Bertz CT molecular complexity index is 988. The van der Waals surface area contributed by atoms with Crippen LogP contribution in [0.15, 0.2) is 88.1 Å². The largest absolute Gasteiger partial charge is 0.497 e. The number of hydrogen-bond donors (Lipinski definition) is 0. The van der Waals surface area contributed by atoms with Crippen LogP contribution in [0.4, 0.5) is 0 Å². The van der Waals surface area contributed by atoms with E-state index >= 15 is 0 Å². The Morgan fingerprint density at radius 1 is 1.04 bits per heavy atom. The Labute approximate surface area is 157 Å². The third-order valence-electron chi connectivity index (χ3n) is 4.29. The molecule has 1 amide bonds. The average molecular weight is 358 g/mol. The van der Waals surface area contributed by atoms with E-state index in [0.29, 0.717) is 23.8 Å². The Balaban J connectivity index is 1.70. The summed E-state index contributed by atoms with van der Waals surface area (Å²) in [6.07, 6.45) is 3.39. The first-order valence-corrected chi connectivity index (χ1v) is 8.59. The Kier molecular flexibility index (Phi) is 4.58. The normalized spacial score (nSPS) is 15.3. The lowest BCUT2D eigenvalue weighted by atomic mass is 10.2. The lowest BCUT2D eigenvalue weighted by Gasteiger charge is -2.17. The summed E-state index contributed by atoms with van der Waals surface area (Å²) >= 11 is 0. The maximum absolute atomic E-state index is 13.0. The predicted molar refractivity (Wildman–Crippen MR) is 103 cm³/mol. The Morgan fingerprint density at radius 3 is 2.48 bits per heavy atom. The van der Waals surface area contributed by atoms with Crippen molar-refractivity contribution in [1.82, 2.24) is 4.90 Å². The molecule has 2 aromatic carbocycles. The van der Waals surface area contributed by atoms with Crippen molar-refractivity contribution in [2.24, 2.45) is 4.99 Å². The van der Waals surface area contributed by atoms with Gasteiger partial charge in [0.15, 0.2) is 0 Å². The molecule has 1 aliphatic rings. The number of furan rings is 1. The van der Waals surface area contributed by atoms with E-state index < -0.39 is 0 Å². The fourth-order valence-corrected chi connectivity index (χ4v) is 2.92. The average Bonchev–Trinajstić information content (AvgIpc) is 3.33. The summed E-state index contributed by atoms with van der Waals surface area (Å²) in [5.74, 6) is 1.94. The summed E-state index contributed by atoms with van der Waals surface area (Å²) in [6.45, 7) is 0.333. The minimum atomic E-state index is -0.152. The molecule has 0 radical (unpaired) electrons. The molecule has 3 aromatic rings. The minimum absolute atomic E-state index is 0.152. The maximum Gasteiger partial charge on any atom is 0.278 e. The molecule has 5 heteroatoms. The van der Waals surface area contributed by atoms with Crippen LogP contribution >= 0.6 is 0 Å². The van der Waals surface area contributed by atoms with Gasteiger partial charge in [0.25, 0.3) is 5.91 Å². The van der Waals surface area contributed by atoms with Crippen molar-refractivity contribution in [3.63, 3.8) is 0 Å². The first-order chi connectivity index (χ1) is 13.2. The van der Waals surface area contributed by atoms with Gasteiger partial charge < -0.3 is 9.15 Å². The highest BCUT2D eigenvalue weighted by Crippen LogP contribution is 2.24. The summed E-state index contributed by atoms with van der Waals surface area (Å²) in [6, 6.07) is 20.8. The third kappa shape index (κ3) is 3.53. The number of benzene rings is 2. The van der Waals surface area contributed by atoms with Crippen molar-refractivity contribution in [3.05, 3.63) is 95.6 Å². The molecule has 1 aromatic heterocycles. The van der Waals surface area contributed by atoms with Gasteiger partial charge in [0.1, 0.15) is 23.0 Å². The van der Waals surface area contributed by atoms with Crippen molar-refractivity contribution in [2.45, 2.75) is 6.54 Å². The molecule has 2 heterocycles. The number of amidine groups is 1. The van der Waals surface area contributed by atoms with Crippen LogP contribution in [0.3, 0.4) is 0 Å². The third-order valence-corrected chi connectivity index (χ3v) is 4.29. The lowest BCUT2D eigenvalue weighted by molar-refractivity contribution is -0.123. The van der Waals surface area contributed by atoms with Crippen LogP contribution < -0.4 is 4.74 Å². The van der Waals surface area contributed by atoms with Gasteiger partial charge in [-0.3, -0.25) is 9.69 Å². The molecule has 0 N–H and O–H groups in total. The molecular formula is C22H18N2O3. The zero-order chi connectivity index (χ0) is 18.6. The van der Waals surface area contributed by atoms with E-state index in [2.05, 4.69) is 4.99 Å². The lowest BCUT2D eigenvalue weighted by Crippen LogP contribution is -2.32. The Morgan fingerprint density at radius 2 is 1.81 bits per heavy atom. The molecule has 0 spiro atoms. The molecule has 0 atom stereocenters. The minimum Gasteiger partial charge on any atom is -0.497 e. The van der Waals surface area contributed by atoms with Crippen LogP contribution in [-0.4, -0.2) is 23.8 Å². The summed E-state index contributed by atoms with van der Waals surface area (Å²) in [7, 11) is 1.62. The van der Waals surface area contributed by atoms with Crippen LogP contribution in [0, 0.1) is 0 Å². The molecule has 0 unspecified atom stereocenters. The number of amides is 1. The van der Waals surface area contributed by atoms with E-state index in [9.17, 15) is 4.79 Å². The first kappa shape index (κ1) is 16.8. The van der Waals surface area contributed by atoms with Gasteiger partial charge in [0.2, 0.25) is 0 Å². The van der Waals surface area contributed by atoms with Crippen molar-refractivity contribution >= 4 is 17.8 Å². The summed E-state index contributed by atoms with van der Waals surface area (Å²) in [4.78, 5) is 19.3. The molecule has 0 saturated heterocycles. The van der Waals surface area contributed by atoms with E-state index in [1.807, 2.05) is 66.7 Å². The summed E-state index contributed by atoms with van der Waals surface area (Å²) in [5.41, 5.74) is 2.16. The number of aliphatic imine (C=N–C) groups is 1. The van der Waals surface area contributed by atoms with E-state index in [4.69, 9.17) is 9.15 Å². The highest BCUT2D eigenvalue weighted by atomic mass is 16.5. The number of ether oxygens (including phenoxy) is 1. The van der Waals surface area contributed by atoms with Gasteiger partial charge in [0.05, 0.1) is 19.9 Å². The van der Waals surface area contributed by atoms with Gasteiger partial charge in [-0.1, -0.05) is 42.5 Å². The smallest absolute Gasteiger partial charge is 0.278 e. The second-order valence-electron chi connectivity index (χ2n) is 6.07. The fourth-order valence-electron chi connectivity index (χ4n) is 2.92.